The van der Waals surface area contributed by atoms with Gasteiger partial charge in [-0.05, 0) is 19.3 Å². The fourth-order valence-electron chi connectivity index (χ4n) is 3.08. The van der Waals surface area contributed by atoms with Crippen molar-refractivity contribution in [2.75, 3.05) is 33.4 Å². The van der Waals surface area contributed by atoms with Gasteiger partial charge in [0, 0.05) is 32.8 Å². The van der Waals surface area contributed by atoms with E-state index in [1.807, 2.05) is 0 Å². The molecule has 1 saturated carbocycles. The number of likely N-dealkylation sites (tertiary alicyclic amines) is 1. The second kappa shape index (κ2) is 4.20. The van der Waals surface area contributed by atoms with Crippen molar-refractivity contribution >= 4 is 11.9 Å². The Labute approximate surface area is 107 Å². The third kappa shape index (κ3) is 1.71. The average Bonchev–Trinajstić information content (AvgIpc) is 3.06. The molecule has 2 heterocycles. The number of nitrogens with zero attached hydrogens (tertiary/aromatic N) is 3. The van der Waals surface area contributed by atoms with Crippen LogP contribution in [-0.4, -0.2) is 66.6 Å². The fraction of sp³-hybridized carbons (Fsp3) is 0.833. The minimum absolute atomic E-state index is 0.206. The number of hydrogen-bond donors (Lipinski definition) is 1. The summed E-state index contributed by atoms with van der Waals surface area (Å²) in [5, 5.41) is 0. The summed E-state index contributed by atoms with van der Waals surface area (Å²) < 4.78 is 5.08. The summed E-state index contributed by atoms with van der Waals surface area (Å²) in [6, 6.07) is 0.499. The van der Waals surface area contributed by atoms with E-state index in [0.29, 0.717) is 25.0 Å². The number of amides is 2. The highest BCUT2D eigenvalue weighted by Crippen LogP contribution is 2.38. The zero-order valence-corrected chi connectivity index (χ0v) is 10.8. The SMILES string of the molecule is COCCN1C(=O)N=C(N)C12CCN(C1CC1)C2. The van der Waals surface area contributed by atoms with Crippen LogP contribution in [0.15, 0.2) is 4.99 Å². The summed E-state index contributed by atoms with van der Waals surface area (Å²) in [4.78, 5) is 20.1. The summed E-state index contributed by atoms with van der Waals surface area (Å²) in [5.41, 5.74) is 5.67. The van der Waals surface area contributed by atoms with E-state index in [2.05, 4.69) is 9.89 Å². The predicted octanol–water partition coefficient (Wildman–Crippen LogP) is 0.0325. The van der Waals surface area contributed by atoms with Crippen LogP contribution in [0.5, 0.6) is 0 Å². The van der Waals surface area contributed by atoms with Crippen molar-refractivity contribution in [2.45, 2.75) is 30.8 Å². The van der Waals surface area contributed by atoms with Gasteiger partial charge in [0.2, 0.25) is 0 Å². The van der Waals surface area contributed by atoms with Crippen LogP contribution in [-0.2, 0) is 4.74 Å². The van der Waals surface area contributed by atoms with E-state index in [1.165, 1.54) is 12.8 Å². The van der Waals surface area contributed by atoms with E-state index in [0.717, 1.165) is 19.5 Å². The maximum absolute atomic E-state index is 11.9. The molecule has 18 heavy (non-hydrogen) atoms. The summed E-state index contributed by atoms with van der Waals surface area (Å²) in [6.07, 6.45) is 3.45. The van der Waals surface area contributed by atoms with Crippen molar-refractivity contribution < 1.29 is 9.53 Å². The van der Waals surface area contributed by atoms with E-state index in [9.17, 15) is 4.79 Å². The highest BCUT2D eigenvalue weighted by Gasteiger charge is 2.54. The van der Waals surface area contributed by atoms with E-state index in [-0.39, 0.29) is 11.6 Å². The highest BCUT2D eigenvalue weighted by molar-refractivity contribution is 6.06. The van der Waals surface area contributed by atoms with E-state index < -0.39 is 0 Å². The topological polar surface area (TPSA) is 71.2 Å². The Hall–Kier alpha value is -1.14. The van der Waals surface area contributed by atoms with Crippen LogP contribution in [0, 0.1) is 0 Å². The maximum Gasteiger partial charge on any atom is 0.346 e. The molecule has 0 aromatic carbocycles. The van der Waals surface area contributed by atoms with Crippen molar-refractivity contribution in [1.29, 1.82) is 0 Å². The molecule has 100 valence electrons. The van der Waals surface area contributed by atoms with Crippen molar-refractivity contribution in [2.24, 2.45) is 10.7 Å². The lowest BCUT2D eigenvalue weighted by atomic mass is 9.96. The Morgan fingerprint density at radius 3 is 3.00 bits per heavy atom. The highest BCUT2D eigenvalue weighted by atomic mass is 16.5. The smallest absolute Gasteiger partial charge is 0.346 e. The number of carbonyl (C=O) groups excluding carboxylic acids is 1. The zero-order valence-electron chi connectivity index (χ0n) is 10.8. The average molecular weight is 252 g/mol. The van der Waals surface area contributed by atoms with Crippen LogP contribution < -0.4 is 5.73 Å². The standard InChI is InChI=1S/C12H20N4O2/c1-18-7-6-16-11(17)14-10(13)12(16)4-5-15(8-12)9-2-3-9/h9H,2-8H2,1H3,(H2,13,14,17). The lowest BCUT2D eigenvalue weighted by Crippen LogP contribution is -2.56. The van der Waals surface area contributed by atoms with Gasteiger partial charge in [-0.2, -0.15) is 4.99 Å². The molecular weight excluding hydrogens is 232 g/mol. The molecule has 3 rings (SSSR count). The number of methoxy groups -OCH3 is 1. The number of rotatable bonds is 4. The second-order valence-electron chi connectivity index (χ2n) is 5.41. The molecule has 3 aliphatic rings. The van der Waals surface area contributed by atoms with Crippen LogP contribution >= 0.6 is 0 Å². The van der Waals surface area contributed by atoms with Crippen LogP contribution in [0.25, 0.3) is 0 Å². The third-order valence-corrected chi connectivity index (χ3v) is 4.30. The van der Waals surface area contributed by atoms with Crippen LogP contribution in [0.4, 0.5) is 4.79 Å². The number of urea groups is 1. The molecular formula is C12H20N4O2. The van der Waals surface area contributed by atoms with Gasteiger partial charge >= 0.3 is 6.03 Å². The van der Waals surface area contributed by atoms with Crippen LogP contribution in [0.2, 0.25) is 0 Å². The molecule has 0 aromatic rings. The largest absolute Gasteiger partial charge is 0.385 e. The minimum atomic E-state index is -0.363. The number of hydrogen-bond acceptors (Lipinski definition) is 4. The number of ether oxygens (including phenoxy) is 1. The molecule has 2 N–H and O–H groups in total. The molecule has 1 saturated heterocycles. The van der Waals surface area contributed by atoms with Gasteiger partial charge in [-0.25, -0.2) is 4.79 Å². The number of aliphatic imine (C=N–C) groups is 1. The molecule has 1 atom stereocenters. The van der Waals surface area contributed by atoms with E-state index >= 15 is 0 Å². The molecule has 2 fully saturated rings. The van der Waals surface area contributed by atoms with Crippen LogP contribution in [0.1, 0.15) is 19.3 Å². The number of carbonyl (C=O) groups is 1. The van der Waals surface area contributed by atoms with Gasteiger partial charge in [-0.1, -0.05) is 0 Å². The quantitative estimate of drug-likeness (QED) is 0.766. The second-order valence-corrected chi connectivity index (χ2v) is 5.41. The third-order valence-electron chi connectivity index (χ3n) is 4.30. The van der Waals surface area contributed by atoms with Crippen molar-refractivity contribution in [3.63, 3.8) is 0 Å². The molecule has 1 spiro atoms. The van der Waals surface area contributed by atoms with Crippen molar-refractivity contribution in [1.82, 2.24) is 9.80 Å². The van der Waals surface area contributed by atoms with Gasteiger partial charge in [-0.3, -0.25) is 4.90 Å². The molecule has 2 aliphatic heterocycles. The minimum Gasteiger partial charge on any atom is -0.385 e. The molecule has 0 bridgehead atoms. The predicted molar refractivity (Wildman–Crippen MR) is 67.5 cm³/mol. The summed E-state index contributed by atoms with van der Waals surface area (Å²) in [5.74, 6) is 0.492. The van der Waals surface area contributed by atoms with Gasteiger partial charge < -0.3 is 15.4 Å². The lowest BCUT2D eigenvalue weighted by Gasteiger charge is -2.34. The Morgan fingerprint density at radius 2 is 2.33 bits per heavy atom. The van der Waals surface area contributed by atoms with Gasteiger partial charge in [0.25, 0.3) is 0 Å². The molecule has 1 unspecified atom stereocenters. The molecule has 1 aliphatic carbocycles. The molecule has 6 nitrogen and oxygen atoms in total. The number of amidine groups is 1. The Bertz CT molecular complexity index is 394. The van der Waals surface area contributed by atoms with Gasteiger partial charge in [0.15, 0.2) is 0 Å². The van der Waals surface area contributed by atoms with Crippen LogP contribution in [0.3, 0.4) is 0 Å². The molecule has 0 aromatic heterocycles. The monoisotopic (exact) mass is 252 g/mol. The zero-order chi connectivity index (χ0) is 12.8. The lowest BCUT2D eigenvalue weighted by molar-refractivity contribution is 0.123. The first-order valence-electron chi connectivity index (χ1n) is 6.56. The van der Waals surface area contributed by atoms with E-state index in [1.54, 1.807) is 12.0 Å². The first-order valence-corrected chi connectivity index (χ1v) is 6.56. The summed E-state index contributed by atoms with van der Waals surface area (Å²) in [6.45, 7) is 2.94. The van der Waals surface area contributed by atoms with Crippen molar-refractivity contribution in [3.05, 3.63) is 0 Å². The molecule has 0 radical (unpaired) electrons. The van der Waals surface area contributed by atoms with Gasteiger partial charge in [0.05, 0.1) is 6.61 Å². The first-order chi connectivity index (χ1) is 8.67. The summed E-state index contributed by atoms with van der Waals surface area (Å²) in [7, 11) is 1.64. The van der Waals surface area contributed by atoms with E-state index in [4.69, 9.17) is 10.5 Å². The van der Waals surface area contributed by atoms with Gasteiger partial charge in [-0.15, -0.1) is 0 Å². The Morgan fingerprint density at radius 1 is 1.56 bits per heavy atom. The fourth-order valence-corrected chi connectivity index (χ4v) is 3.08. The van der Waals surface area contributed by atoms with Crippen molar-refractivity contribution in [3.8, 4) is 0 Å². The number of nitrogens with two attached hydrogens (primary N) is 1. The molecule has 6 heteroatoms. The first kappa shape index (κ1) is 11.9. The maximum atomic E-state index is 11.9. The Kier molecular flexibility index (Phi) is 2.79. The Balaban J connectivity index is 1.78. The normalized spacial score (nSPS) is 32.6. The molecule has 2 amide bonds. The summed E-state index contributed by atoms with van der Waals surface area (Å²) >= 11 is 0. The van der Waals surface area contributed by atoms with Gasteiger partial charge in [0.1, 0.15) is 11.4 Å².